The van der Waals surface area contributed by atoms with Crippen molar-refractivity contribution in [3.63, 3.8) is 0 Å². The van der Waals surface area contributed by atoms with Gasteiger partial charge in [0.25, 0.3) is 0 Å². The molecule has 0 aliphatic carbocycles. The summed E-state index contributed by atoms with van der Waals surface area (Å²) in [6.45, 7) is 1.65. The van der Waals surface area contributed by atoms with Crippen molar-refractivity contribution >= 4 is 40.1 Å². The summed E-state index contributed by atoms with van der Waals surface area (Å²) in [5, 5.41) is 15.6. The van der Waals surface area contributed by atoms with Crippen molar-refractivity contribution < 1.29 is 4.42 Å². The van der Waals surface area contributed by atoms with Crippen molar-refractivity contribution in [3.05, 3.63) is 46.6 Å². The van der Waals surface area contributed by atoms with Gasteiger partial charge in [0.1, 0.15) is 11.5 Å². The zero-order valence-corrected chi connectivity index (χ0v) is 16.9. The standard InChI is InChI=1S/C16H18BrN5OS.ClH/c1-22-16(19-20-21-22)24-10-2-9-18-11-14-7-8-15(23-14)12-3-5-13(17)6-4-12;/h3-8,18H,2,9-11H2,1H3;1H. The van der Waals surface area contributed by atoms with Crippen LogP contribution in [0.25, 0.3) is 11.3 Å². The summed E-state index contributed by atoms with van der Waals surface area (Å²) in [5.74, 6) is 2.81. The van der Waals surface area contributed by atoms with Gasteiger partial charge in [-0.05, 0) is 47.7 Å². The number of rotatable bonds is 8. The average molecular weight is 445 g/mol. The summed E-state index contributed by atoms with van der Waals surface area (Å²) in [6, 6.07) is 12.1. The van der Waals surface area contributed by atoms with Gasteiger partial charge >= 0.3 is 0 Å². The molecule has 0 radical (unpaired) electrons. The molecule has 0 atom stereocenters. The lowest BCUT2D eigenvalue weighted by molar-refractivity contribution is 0.494. The number of furan rings is 1. The maximum absolute atomic E-state index is 5.88. The van der Waals surface area contributed by atoms with Crippen LogP contribution in [0.1, 0.15) is 12.2 Å². The van der Waals surface area contributed by atoms with E-state index in [4.69, 9.17) is 4.42 Å². The fourth-order valence-corrected chi connectivity index (χ4v) is 3.21. The van der Waals surface area contributed by atoms with Gasteiger partial charge in [-0.3, -0.25) is 0 Å². The highest BCUT2D eigenvalue weighted by Crippen LogP contribution is 2.23. The molecule has 3 rings (SSSR count). The summed E-state index contributed by atoms with van der Waals surface area (Å²) in [6.07, 6.45) is 1.04. The second-order valence-corrected chi connectivity index (χ2v) is 7.21. The Hall–Kier alpha value is -1.35. The van der Waals surface area contributed by atoms with Gasteiger partial charge in [0.2, 0.25) is 5.16 Å². The molecule has 0 saturated heterocycles. The minimum atomic E-state index is 0. The van der Waals surface area contributed by atoms with E-state index in [0.29, 0.717) is 0 Å². The van der Waals surface area contributed by atoms with Crippen molar-refractivity contribution in [2.24, 2.45) is 7.05 Å². The lowest BCUT2D eigenvalue weighted by Gasteiger charge is -2.03. The highest BCUT2D eigenvalue weighted by Gasteiger charge is 2.05. The van der Waals surface area contributed by atoms with E-state index in [1.54, 1.807) is 16.4 Å². The van der Waals surface area contributed by atoms with E-state index >= 15 is 0 Å². The molecular weight excluding hydrogens is 426 g/mol. The van der Waals surface area contributed by atoms with Crippen LogP contribution in [0.15, 0.2) is 50.4 Å². The van der Waals surface area contributed by atoms with Crippen LogP contribution in [-0.4, -0.2) is 32.5 Å². The minimum Gasteiger partial charge on any atom is -0.460 e. The van der Waals surface area contributed by atoms with E-state index < -0.39 is 0 Å². The van der Waals surface area contributed by atoms with Crippen LogP contribution in [0, 0.1) is 0 Å². The van der Waals surface area contributed by atoms with Gasteiger partial charge in [-0.15, -0.1) is 17.5 Å². The second kappa shape index (κ2) is 9.96. The fourth-order valence-electron chi connectivity index (χ4n) is 2.16. The third-order valence-electron chi connectivity index (χ3n) is 3.40. The number of nitrogens with zero attached hydrogens (tertiary/aromatic N) is 4. The Kier molecular flexibility index (Phi) is 7.95. The lowest BCUT2D eigenvalue weighted by atomic mass is 10.2. The zero-order valence-electron chi connectivity index (χ0n) is 13.7. The molecular formula is C16H19BrClN5OS. The molecule has 1 aromatic carbocycles. The molecule has 0 bridgehead atoms. The van der Waals surface area contributed by atoms with E-state index in [1.807, 2.05) is 43.4 Å². The van der Waals surface area contributed by atoms with E-state index in [2.05, 4.69) is 36.8 Å². The monoisotopic (exact) mass is 443 g/mol. The first kappa shape index (κ1) is 20.0. The Morgan fingerprint density at radius 1 is 1.20 bits per heavy atom. The molecule has 0 amide bonds. The average Bonchev–Trinajstić information content (AvgIpc) is 3.21. The number of hydrogen-bond donors (Lipinski definition) is 1. The predicted molar refractivity (Wildman–Crippen MR) is 105 cm³/mol. The Labute approximate surface area is 165 Å². The van der Waals surface area contributed by atoms with Crippen LogP contribution in [0.4, 0.5) is 0 Å². The van der Waals surface area contributed by atoms with Crippen molar-refractivity contribution in [3.8, 4) is 11.3 Å². The Balaban J connectivity index is 0.00000225. The van der Waals surface area contributed by atoms with E-state index in [1.165, 1.54) is 0 Å². The van der Waals surface area contributed by atoms with Gasteiger partial charge < -0.3 is 9.73 Å². The number of hydrogen-bond acceptors (Lipinski definition) is 6. The zero-order chi connectivity index (χ0) is 16.8. The van der Waals surface area contributed by atoms with Gasteiger partial charge in [0.15, 0.2) is 0 Å². The third kappa shape index (κ3) is 5.85. The number of benzene rings is 1. The van der Waals surface area contributed by atoms with Gasteiger partial charge in [-0.1, -0.05) is 39.8 Å². The van der Waals surface area contributed by atoms with Crippen LogP contribution in [0.3, 0.4) is 0 Å². The van der Waals surface area contributed by atoms with Crippen molar-refractivity contribution in [2.45, 2.75) is 18.1 Å². The van der Waals surface area contributed by atoms with Crippen molar-refractivity contribution in [1.29, 1.82) is 0 Å². The van der Waals surface area contributed by atoms with Crippen LogP contribution in [-0.2, 0) is 13.6 Å². The molecule has 25 heavy (non-hydrogen) atoms. The number of aryl methyl sites for hydroxylation is 1. The predicted octanol–water partition coefficient (Wildman–Crippen LogP) is 3.93. The van der Waals surface area contributed by atoms with Crippen LogP contribution >= 0.6 is 40.1 Å². The summed E-state index contributed by atoms with van der Waals surface area (Å²) in [5.41, 5.74) is 1.08. The normalized spacial score (nSPS) is 10.6. The molecule has 0 saturated carbocycles. The summed E-state index contributed by atoms with van der Waals surface area (Å²) in [7, 11) is 1.85. The summed E-state index contributed by atoms with van der Waals surface area (Å²) < 4.78 is 8.63. The molecule has 0 spiro atoms. The lowest BCUT2D eigenvalue weighted by Crippen LogP contribution is -2.14. The molecule has 3 aromatic rings. The highest BCUT2D eigenvalue weighted by molar-refractivity contribution is 9.10. The molecule has 0 aliphatic heterocycles. The van der Waals surface area contributed by atoms with E-state index in [-0.39, 0.29) is 12.4 Å². The van der Waals surface area contributed by atoms with Crippen molar-refractivity contribution in [2.75, 3.05) is 12.3 Å². The highest BCUT2D eigenvalue weighted by atomic mass is 79.9. The molecule has 134 valence electrons. The van der Waals surface area contributed by atoms with Crippen LogP contribution in [0.5, 0.6) is 0 Å². The smallest absolute Gasteiger partial charge is 0.209 e. The first-order chi connectivity index (χ1) is 11.7. The first-order valence-corrected chi connectivity index (χ1v) is 9.41. The first-order valence-electron chi connectivity index (χ1n) is 7.63. The number of nitrogens with one attached hydrogen (secondary N) is 1. The maximum Gasteiger partial charge on any atom is 0.209 e. The SMILES string of the molecule is Cl.Cn1nnnc1SCCCNCc1ccc(-c2ccc(Br)cc2)o1. The largest absolute Gasteiger partial charge is 0.460 e. The van der Waals surface area contributed by atoms with Gasteiger partial charge in [-0.2, -0.15) is 0 Å². The molecule has 1 N–H and O–H groups in total. The third-order valence-corrected chi connectivity index (χ3v) is 5.03. The van der Waals surface area contributed by atoms with Crippen molar-refractivity contribution in [1.82, 2.24) is 25.5 Å². The minimum absolute atomic E-state index is 0. The second-order valence-electron chi connectivity index (χ2n) is 5.24. The molecule has 9 heteroatoms. The van der Waals surface area contributed by atoms with Gasteiger partial charge in [0.05, 0.1) is 6.54 Å². The Bertz CT molecular complexity index is 777. The van der Waals surface area contributed by atoms with Gasteiger partial charge in [0, 0.05) is 22.8 Å². The number of thioether (sulfide) groups is 1. The Morgan fingerprint density at radius 3 is 2.72 bits per heavy atom. The number of aromatic nitrogens is 4. The van der Waals surface area contributed by atoms with E-state index in [0.717, 1.165) is 52.0 Å². The Morgan fingerprint density at radius 2 is 2.00 bits per heavy atom. The number of halogens is 2. The fraction of sp³-hybridized carbons (Fsp3) is 0.312. The topological polar surface area (TPSA) is 68.8 Å². The molecule has 6 nitrogen and oxygen atoms in total. The number of tetrazole rings is 1. The van der Waals surface area contributed by atoms with Crippen LogP contribution in [0.2, 0.25) is 0 Å². The molecule has 0 fully saturated rings. The molecule has 0 unspecified atom stereocenters. The molecule has 0 aliphatic rings. The quantitative estimate of drug-likeness (QED) is 0.419. The summed E-state index contributed by atoms with van der Waals surface area (Å²) in [4.78, 5) is 0. The van der Waals surface area contributed by atoms with Gasteiger partial charge in [-0.25, -0.2) is 4.68 Å². The maximum atomic E-state index is 5.88. The molecule has 2 heterocycles. The molecule has 2 aromatic heterocycles. The van der Waals surface area contributed by atoms with Crippen LogP contribution < -0.4 is 5.32 Å². The van der Waals surface area contributed by atoms with E-state index in [9.17, 15) is 0 Å². The summed E-state index contributed by atoms with van der Waals surface area (Å²) >= 11 is 5.10.